The first-order valence-electron chi connectivity index (χ1n) is 9.61. The summed E-state index contributed by atoms with van der Waals surface area (Å²) in [7, 11) is -1.94. The first-order chi connectivity index (χ1) is 15.2. The summed E-state index contributed by atoms with van der Waals surface area (Å²) in [4.78, 5) is 23.9. The predicted octanol–water partition coefficient (Wildman–Crippen LogP) is 0.196. The van der Waals surface area contributed by atoms with Gasteiger partial charge < -0.3 is 20.3 Å². The SMILES string of the molecule is COC(=O)Cc1cccc(Cn2c(O)nc3c(N)nc(OCCCNS(C)(=O)=O)nc32)c1. The van der Waals surface area contributed by atoms with E-state index < -0.39 is 10.0 Å². The van der Waals surface area contributed by atoms with Crippen LogP contribution in [0.2, 0.25) is 0 Å². The van der Waals surface area contributed by atoms with Gasteiger partial charge in [-0.3, -0.25) is 9.36 Å². The molecule has 0 aliphatic rings. The van der Waals surface area contributed by atoms with Crippen LogP contribution in [0.3, 0.4) is 0 Å². The van der Waals surface area contributed by atoms with Crippen LogP contribution in [0.4, 0.5) is 5.82 Å². The van der Waals surface area contributed by atoms with Crippen molar-refractivity contribution in [3.05, 3.63) is 35.4 Å². The number of esters is 1. The normalized spacial score (nSPS) is 11.6. The Morgan fingerprint density at radius 3 is 2.72 bits per heavy atom. The summed E-state index contributed by atoms with van der Waals surface area (Å²) >= 11 is 0. The second-order valence-corrected chi connectivity index (χ2v) is 8.84. The minimum atomic E-state index is -3.27. The second kappa shape index (κ2) is 9.78. The van der Waals surface area contributed by atoms with Crippen molar-refractivity contribution in [3.63, 3.8) is 0 Å². The van der Waals surface area contributed by atoms with Gasteiger partial charge in [0.25, 0.3) is 6.01 Å². The third-order valence-electron chi connectivity index (χ3n) is 4.41. The van der Waals surface area contributed by atoms with E-state index in [0.29, 0.717) is 6.42 Å². The topological polar surface area (TPSA) is 172 Å². The molecule has 32 heavy (non-hydrogen) atoms. The summed E-state index contributed by atoms with van der Waals surface area (Å²) in [5.74, 6) is -0.320. The molecule has 0 radical (unpaired) electrons. The number of methoxy groups -OCH3 is 1. The maximum Gasteiger partial charge on any atom is 0.320 e. The van der Waals surface area contributed by atoms with Gasteiger partial charge in [0, 0.05) is 6.54 Å². The number of benzene rings is 1. The number of carbonyl (C=O) groups is 1. The number of aromatic hydroxyl groups is 1. The largest absolute Gasteiger partial charge is 0.480 e. The van der Waals surface area contributed by atoms with Crippen molar-refractivity contribution in [2.75, 3.05) is 32.3 Å². The van der Waals surface area contributed by atoms with Gasteiger partial charge in [-0.2, -0.15) is 15.0 Å². The number of hydrogen-bond acceptors (Lipinski definition) is 10. The molecule has 0 saturated heterocycles. The number of nitrogens with zero attached hydrogens (tertiary/aromatic N) is 4. The molecule has 3 rings (SSSR count). The van der Waals surface area contributed by atoms with Gasteiger partial charge in [0.1, 0.15) is 0 Å². The molecule has 4 N–H and O–H groups in total. The van der Waals surface area contributed by atoms with Crippen LogP contribution >= 0.6 is 0 Å². The number of nitrogens with two attached hydrogens (primary N) is 1. The quantitative estimate of drug-likeness (QED) is 0.278. The molecule has 0 unspecified atom stereocenters. The lowest BCUT2D eigenvalue weighted by Gasteiger charge is -2.09. The van der Waals surface area contributed by atoms with Crippen molar-refractivity contribution in [2.45, 2.75) is 19.4 Å². The number of sulfonamides is 1. The van der Waals surface area contributed by atoms with Gasteiger partial charge in [-0.05, 0) is 17.5 Å². The lowest BCUT2D eigenvalue weighted by molar-refractivity contribution is -0.139. The summed E-state index contributed by atoms with van der Waals surface area (Å²) in [6.07, 6.45) is 1.60. The highest BCUT2D eigenvalue weighted by Gasteiger charge is 2.17. The average Bonchev–Trinajstić information content (AvgIpc) is 3.03. The molecule has 13 heteroatoms. The van der Waals surface area contributed by atoms with Gasteiger partial charge in [0.15, 0.2) is 17.0 Å². The van der Waals surface area contributed by atoms with E-state index in [4.69, 9.17) is 15.2 Å². The first kappa shape index (κ1) is 23.2. The zero-order valence-corrected chi connectivity index (χ0v) is 18.4. The number of aromatic nitrogens is 4. The van der Waals surface area contributed by atoms with Gasteiger partial charge >= 0.3 is 12.0 Å². The molecule has 0 amide bonds. The number of ether oxygens (including phenoxy) is 2. The van der Waals surface area contributed by atoms with Crippen LogP contribution in [-0.2, 0) is 32.5 Å². The van der Waals surface area contributed by atoms with E-state index in [9.17, 15) is 18.3 Å². The lowest BCUT2D eigenvalue weighted by Crippen LogP contribution is -2.24. The highest BCUT2D eigenvalue weighted by atomic mass is 32.2. The van der Waals surface area contributed by atoms with Gasteiger partial charge in [0.2, 0.25) is 10.0 Å². The smallest absolute Gasteiger partial charge is 0.320 e. The Morgan fingerprint density at radius 1 is 1.25 bits per heavy atom. The third kappa shape index (κ3) is 6.04. The number of rotatable bonds is 10. The molecule has 12 nitrogen and oxygen atoms in total. The molecular formula is C19H24N6O6S. The summed E-state index contributed by atoms with van der Waals surface area (Å²) in [6, 6.07) is 6.94. The van der Waals surface area contributed by atoms with E-state index in [1.165, 1.54) is 11.7 Å². The fourth-order valence-corrected chi connectivity index (χ4v) is 3.47. The molecule has 0 aliphatic heterocycles. The minimum absolute atomic E-state index is 0.0186. The fourth-order valence-electron chi connectivity index (χ4n) is 2.95. The van der Waals surface area contributed by atoms with E-state index in [1.54, 1.807) is 12.1 Å². The molecule has 2 heterocycles. The molecule has 0 aliphatic carbocycles. The summed E-state index contributed by atoms with van der Waals surface area (Å²) in [5, 5.41) is 10.3. The van der Waals surface area contributed by atoms with E-state index in [1.807, 2.05) is 12.1 Å². The van der Waals surface area contributed by atoms with Crippen LogP contribution in [0.15, 0.2) is 24.3 Å². The standard InChI is InChI=1S/C19H24N6O6S/c1-30-14(26)10-12-5-3-6-13(9-12)11-25-17-15(22-19(25)27)16(20)23-18(24-17)31-8-4-7-21-32(2,28)29/h3,5-6,9,21H,4,7-8,10-11H2,1-2H3,(H,22,27)(H2,20,23,24). The summed E-state index contributed by atoms with van der Waals surface area (Å²) in [5.41, 5.74) is 8.01. The highest BCUT2D eigenvalue weighted by molar-refractivity contribution is 7.88. The lowest BCUT2D eigenvalue weighted by atomic mass is 10.1. The maximum atomic E-state index is 11.5. The number of imidazole rings is 1. The van der Waals surface area contributed by atoms with E-state index in [-0.39, 0.29) is 61.1 Å². The molecule has 0 spiro atoms. The van der Waals surface area contributed by atoms with Gasteiger partial charge in [0.05, 0.1) is 32.9 Å². The number of anilines is 1. The predicted molar refractivity (Wildman–Crippen MR) is 116 cm³/mol. The molecule has 0 bridgehead atoms. The van der Waals surface area contributed by atoms with Crippen LogP contribution in [-0.4, -0.2) is 65.5 Å². The first-order valence-corrected chi connectivity index (χ1v) is 11.5. The minimum Gasteiger partial charge on any atom is -0.480 e. The van der Waals surface area contributed by atoms with Gasteiger partial charge in [-0.15, -0.1) is 0 Å². The molecule has 3 aromatic rings. The van der Waals surface area contributed by atoms with Crippen LogP contribution in [0, 0.1) is 0 Å². The zero-order valence-electron chi connectivity index (χ0n) is 17.6. The van der Waals surface area contributed by atoms with Crippen LogP contribution in [0.5, 0.6) is 12.0 Å². The van der Waals surface area contributed by atoms with Crippen molar-refractivity contribution in [2.24, 2.45) is 0 Å². The molecule has 0 saturated carbocycles. The Labute approximate surface area is 184 Å². The van der Waals surface area contributed by atoms with Crippen molar-refractivity contribution < 1.29 is 27.8 Å². The summed E-state index contributed by atoms with van der Waals surface area (Å²) in [6.45, 7) is 0.575. The van der Waals surface area contributed by atoms with E-state index in [2.05, 4.69) is 19.7 Å². The van der Waals surface area contributed by atoms with Crippen molar-refractivity contribution in [1.82, 2.24) is 24.2 Å². The van der Waals surface area contributed by atoms with E-state index >= 15 is 0 Å². The van der Waals surface area contributed by atoms with Crippen LogP contribution in [0.25, 0.3) is 11.2 Å². The second-order valence-electron chi connectivity index (χ2n) is 7.00. The Kier molecular flexibility index (Phi) is 7.10. The molecule has 0 fully saturated rings. The number of nitrogen functional groups attached to an aromatic ring is 1. The van der Waals surface area contributed by atoms with Crippen molar-refractivity contribution in [3.8, 4) is 12.0 Å². The maximum absolute atomic E-state index is 11.5. The third-order valence-corrected chi connectivity index (χ3v) is 5.13. The van der Waals surface area contributed by atoms with E-state index in [0.717, 1.165) is 17.4 Å². The molecule has 172 valence electrons. The summed E-state index contributed by atoms with van der Waals surface area (Å²) < 4.78 is 36.2. The van der Waals surface area contributed by atoms with Crippen molar-refractivity contribution >= 4 is 33.0 Å². The number of carbonyl (C=O) groups excluding carboxylic acids is 1. The Balaban J connectivity index is 1.78. The Bertz CT molecular complexity index is 1230. The molecule has 1 aromatic carbocycles. The number of fused-ring (bicyclic) bond motifs is 1. The van der Waals surface area contributed by atoms with Gasteiger partial charge in [-0.25, -0.2) is 13.1 Å². The zero-order chi connectivity index (χ0) is 23.3. The number of hydrogen-bond donors (Lipinski definition) is 3. The average molecular weight is 465 g/mol. The van der Waals surface area contributed by atoms with Crippen LogP contribution < -0.4 is 15.2 Å². The molecular weight excluding hydrogens is 440 g/mol. The van der Waals surface area contributed by atoms with Gasteiger partial charge in [-0.1, -0.05) is 24.3 Å². The highest BCUT2D eigenvalue weighted by Crippen LogP contribution is 2.26. The monoisotopic (exact) mass is 464 g/mol. The molecule has 0 atom stereocenters. The fraction of sp³-hybridized carbons (Fsp3) is 0.368. The molecule has 2 aromatic heterocycles. The van der Waals surface area contributed by atoms with Crippen molar-refractivity contribution in [1.29, 1.82) is 0 Å². The Morgan fingerprint density at radius 2 is 2.00 bits per heavy atom. The number of nitrogens with one attached hydrogen (secondary N) is 1. The Hall–Kier alpha value is -3.45. The van der Waals surface area contributed by atoms with Crippen LogP contribution in [0.1, 0.15) is 17.5 Å².